The molecule has 124 valence electrons. The molecule has 2 heterocycles. The fourth-order valence-electron chi connectivity index (χ4n) is 2.89. The monoisotopic (exact) mass is 339 g/mol. The Hall–Kier alpha value is 0.0800. The zero-order valence-electron chi connectivity index (χ0n) is 12.4. The Morgan fingerprint density at radius 1 is 0.952 bits per heavy atom. The topological polar surface area (TPSA) is 61.9 Å². The van der Waals surface area contributed by atoms with Gasteiger partial charge in [-0.25, -0.2) is 0 Å². The Labute approximate surface area is 133 Å². The summed E-state index contributed by atoms with van der Waals surface area (Å²) in [5, 5.41) is 3.58. The minimum absolute atomic E-state index is 0. The van der Waals surface area contributed by atoms with Gasteiger partial charge in [0.05, 0.1) is 13.2 Å². The van der Waals surface area contributed by atoms with Gasteiger partial charge in [0.2, 0.25) is 0 Å². The lowest BCUT2D eigenvalue weighted by Crippen LogP contribution is -2.52. The van der Waals surface area contributed by atoms with Gasteiger partial charge < -0.3 is 10.1 Å². The van der Waals surface area contributed by atoms with Crippen LogP contribution in [0.1, 0.15) is 25.7 Å². The van der Waals surface area contributed by atoms with Gasteiger partial charge in [-0.2, -0.15) is 17.0 Å². The molecule has 6 nitrogen and oxygen atoms in total. The van der Waals surface area contributed by atoms with Crippen molar-refractivity contribution in [1.29, 1.82) is 0 Å². The van der Waals surface area contributed by atoms with Gasteiger partial charge in [0.15, 0.2) is 0 Å². The zero-order valence-corrected chi connectivity index (χ0v) is 14.0. The van der Waals surface area contributed by atoms with Gasteiger partial charge in [0, 0.05) is 32.2 Å². The van der Waals surface area contributed by atoms with E-state index in [2.05, 4.69) is 5.32 Å². The number of morpholine rings is 1. The zero-order chi connectivity index (χ0) is 14.0. The van der Waals surface area contributed by atoms with E-state index in [4.69, 9.17) is 4.74 Å². The highest BCUT2D eigenvalue weighted by molar-refractivity contribution is 7.86. The van der Waals surface area contributed by atoms with E-state index in [1.807, 2.05) is 0 Å². The molecule has 0 aromatic rings. The van der Waals surface area contributed by atoms with Crippen molar-refractivity contribution in [3.8, 4) is 0 Å². The molecule has 1 saturated carbocycles. The van der Waals surface area contributed by atoms with Crippen molar-refractivity contribution in [3.63, 3.8) is 0 Å². The highest BCUT2D eigenvalue weighted by Gasteiger charge is 2.34. The highest BCUT2D eigenvalue weighted by atomic mass is 35.5. The first-order valence-electron chi connectivity index (χ1n) is 7.72. The largest absolute Gasteiger partial charge is 0.379 e. The van der Waals surface area contributed by atoms with Crippen LogP contribution in [-0.2, 0) is 14.9 Å². The van der Waals surface area contributed by atoms with E-state index in [1.54, 1.807) is 8.61 Å². The first-order chi connectivity index (χ1) is 9.66. The van der Waals surface area contributed by atoms with Crippen molar-refractivity contribution >= 4 is 22.6 Å². The lowest BCUT2D eigenvalue weighted by molar-refractivity contribution is 0.0695. The molecule has 1 N–H and O–H groups in total. The molecule has 0 spiro atoms. The molecule has 0 unspecified atom stereocenters. The van der Waals surface area contributed by atoms with Crippen molar-refractivity contribution in [2.45, 2.75) is 31.7 Å². The Bertz CT molecular complexity index is 416. The summed E-state index contributed by atoms with van der Waals surface area (Å²) in [4.78, 5) is 0. The van der Waals surface area contributed by atoms with Gasteiger partial charge in [-0.15, -0.1) is 12.4 Å². The number of nitrogens with one attached hydrogen (secondary N) is 1. The molecule has 8 heteroatoms. The lowest BCUT2D eigenvalue weighted by Gasteiger charge is -2.36. The average molecular weight is 340 g/mol. The summed E-state index contributed by atoms with van der Waals surface area (Å²) in [6.07, 6.45) is 4.57. The highest BCUT2D eigenvalue weighted by Crippen LogP contribution is 2.28. The van der Waals surface area contributed by atoms with Crippen LogP contribution in [0.25, 0.3) is 0 Å². The number of nitrogens with zero attached hydrogens (tertiary/aromatic N) is 2. The Balaban J connectivity index is 0.00000161. The molecule has 0 amide bonds. The van der Waals surface area contributed by atoms with Crippen LogP contribution in [0.4, 0.5) is 0 Å². The Kier molecular flexibility index (Phi) is 6.28. The van der Waals surface area contributed by atoms with Crippen molar-refractivity contribution in [1.82, 2.24) is 13.9 Å². The van der Waals surface area contributed by atoms with E-state index in [-0.39, 0.29) is 12.4 Å². The first-order valence-corrected chi connectivity index (χ1v) is 9.12. The maximum absolute atomic E-state index is 12.5. The van der Waals surface area contributed by atoms with E-state index in [1.165, 1.54) is 12.8 Å². The minimum atomic E-state index is -3.27. The number of halogens is 1. The van der Waals surface area contributed by atoms with Crippen LogP contribution in [0.15, 0.2) is 0 Å². The van der Waals surface area contributed by atoms with Crippen molar-refractivity contribution in [2.75, 3.05) is 45.9 Å². The summed E-state index contributed by atoms with van der Waals surface area (Å²) in [6.45, 7) is 4.40. The number of ether oxygens (including phenoxy) is 1. The maximum Gasteiger partial charge on any atom is 0.282 e. The van der Waals surface area contributed by atoms with E-state index < -0.39 is 10.2 Å². The molecule has 0 aromatic heterocycles. The molecule has 0 aromatic carbocycles. The van der Waals surface area contributed by atoms with Crippen LogP contribution >= 0.6 is 12.4 Å². The summed E-state index contributed by atoms with van der Waals surface area (Å²) in [6, 6.07) is 0.492. The fourth-order valence-corrected chi connectivity index (χ4v) is 4.50. The van der Waals surface area contributed by atoms with Crippen LogP contribution in [0, 0.1) is 5.92 Å². The van der Waals surface area contributed by atoms with Crippen molar-refractivity contribution in [3.05, 3.63) is 0 Å². The fraction of sp³-hybridized carbons (Fsp3) is 1.00. The first kappa shape index (κ1) is 17.4. The normalized spacial score (nSPS) is 26.5. The van der Waals surface area contributed by atoms with E-state index >= 15 is 0 Å². The smallest absolute Gasteiger partial charge is 0.282 e. The maximum atomic E-state index is 12.5. The second-order valence-electron chi connectivity index (χ2n) is 6.04. The molecule has 2 saturated heterocycles. The number of hydrogen-bond donors (Lipinski definition) is 1. The third-order valence-electron chi connectivity index (χ3n) is 4.47. The summed E-state index contributed by atoms with van der Waals surface area (Å²) >= 11 is 0. The summed E-state index contributed by atoms with van der Waals surface area (Å²) in [5.74, 6) is 0.880. The molecule has 3 fully saturated rings. The van der Waals surface area contributed by atoms with Gasteiger partial charge in [0.25, 0.3) is 10.2 Å². The lowest BCUT2D eigenvalue weighted by atomic mass is 10.1. The third kappa shape index (κ3) is 4.53. The van der Waals surface area contributed by atoms with Gasteiger partial charge in [-0.3, -0.25) is 0 Å². The van der Waals surface area contributed by atoms with Crippen LogP contribution in [-0.4, -0.2) is 69.0 Å². The van der Waals surface area contributed by atoms with E-state index in [0.717, 1.165) is 25.3 Å². The minimum Gasteiger partial charge on any atom is -0.379 e. The molecular formula is C13H26ClN3O3S. The Morgan fingerprint density at radius 2 is 1.52 bits per heavy atom. The van der Waals surface area contributed by atoms with Gasteiger partial charge in [-0.05, 0) is 38.1 Å². The van der Waals surface area contributed by atoms with Crippen molar-refractivity contribution in [2.24, 2.45) is 5.92 Å². The Morgan fingerprint density at radius 3 is 2.10 bits per heavy atom. The van der Waals surface area contributed by atoms with E-state index in [0.29, 0.717) is 45.4 Å². The van der Waals surface area contributed by atoms with Crippen LogP contribution in [0.3, 0.4) is 0 Å². The van der Waals surface area contributed by atoms with Crippen LogP contribution in [0.2, 0.25) is 0 Å². The second kappa shape index (κ2) is 7.57. The summed E-state index contributed by atoms with van der Waals surface area (Å²) in [5.41, 5.74) is 0. The van der Waals surface area contributed by atoms with Gasteiger partial charge in [0.1, 0.15) is 0 Å². The predicted molar refractivity (Wildman–Crippen MR) is 83.9 cm³/mol. The number of hydrogen-bond acceptors (Lipinski definition) is 4. The summed E-state index contributed by atoms with van der Waals surface area (Å²) < 4.78 is 33.4. The molecule has 3 aliphatic rings. The summed E-state index contributed by atoms with van der Waals surface area (Å²) in [7, 11) is -3.27. The third-order valence-corrected chi connectivity index (χ3v) is 6.50. The molecule has 3 rings (SSSR count). The molecule has 0 atom stereocenters. The average Bonchev–Trinajstić information content (AvgIpc) is 3.31. The quantitative estimate of drug-likeness (QED) is 0.790. The van der Waals surface area contributed by atoms with Gasteiger partial charge >= 0.3 is 0 Å². The molecule has 0 bridgehead atoms. The SMILES string of the molecule is Cl.O=S(=O)(N1CCOCC1)N1CCC(NCC2CC2)CC1. The number of rotatable bonds is 5. The second-order valence-corrected chi connectivity index (χ2v) is 7.97. The van der Waals surface area contributed by atoms with Crippen molar-refractivity contribution < 1.29 is 13.2 Å². The molecular weight excluding hydrogens is 314 g/mol. The van der Waals surface area contributed by atoms with Gasteiger partial charge in [-0.1, -0.05) is 0 Å². The van der Waals surface area contributed by atoms with E-state index in [9.17, 15) is 8.42 Å². The molecule has 21 heavy (non-hydrogen) atoms. The molecule has 2 aliphatic heterocycles. The van der Waals surface area contributed by atoms with Crippen LogP contribution < -0.4 is 5.32 Å². The van der Waals surface area contributed by atoms with Crippen LogP contribution in [0.5, 0.6) is 0 Å². The standard InChI is InChI=1S/C13H25N3O3S.ClH/c17-20(18,16-7-9-19-10-8-16)15-5-3-13(4-6-15)14-11-12-1-2-12;/h12-14H,1-11H2;1H. The number of piperidine rings is 1. The molecule has 1 aliphatic carbocycles. The molecule has 0 radical (unpaired) electrons. The predicted octanol–water partition coefficient (Wildman–Crippen LogP) is 0.449.